The summed E-state index contributed by atoms with van der Waals surface area (Å²) in [5.74, 6) is -3.24. The zero-order valence-electron chi connectivity index (χ0n) is 10.2. The van der Waals surface area contributed by atoms with Crippen molar-refractivity contribution in [1.29, 1.82) is 0 Å². The summed E-state index contributed by atoms with van der Waals surface area (Å²) in [5.41, 5.74) is -1.14. The monoisotopic (exact) mass is 302 g/mol. The SMILES string of the molecule is CS(=O)(=O)CC(=O)Nc1cc([N+](=O)[O-])ccc1C(=O)O. The van der Waals surface area contributed by atoms with Gasteiger partial charge in [0.25, 0.3) is 5.69 Å². The standard InChI is InChI=1S/C10H10N2O7S/c1-20(18,19)5-9(13)11-8-4-6(12(16)17)2-3-7(8)10(14)15/h2-4H,5H2,1H3,(H,11,13)(H,14,15). The van der Waals surface area contributed by atoms with Crippen molar-refractivity contribution >= 4 is 33.1 Å². The van der Waals surface area contributed by atoms with Crippen LogP contribution in [0, 0.1) is 10.1 Å². The van der Waals surface area contributed by atoms with Gasteiger partial charge in [-0.3, -0.25) is 14.9 Å². The van der Waals surface area contributed by atoms with Crippen LogP contribution in [0.2, 0.25) is 0 Å². The lowest BCUT2D eigenvalue weighted by atomic mass is 10.1. The Labute approximate surface area is 113 Å². The second kappa shape index (κ2) is 5.65. The van der Waals surface area contributed by atoms with E-state index in [0.29, 0.717) is 0 Å². The molecule has 1 aromatic rings. The zero-order chi connectivity index (χ0) is 15.5. The molecule has 9 nitrogen and oxygen atoms in total. The molecule has 0 saturated carbocycles. The van der Waals surface area contributed by atoms with E-state index in [0.717, 1.165) is 24.5 Å². The number of nitro benzene ring substituents is 1. The maximum Gasteiger partial charge on any atom is 0.337 e. The van der Waals surface area contributed by atoms with E-state index in [-0.39, 0.29) is 11.3 Å². The number of hydrogen-bond donors (Lipinski definition) is 2. The van der Waals surface area contributed by atoms with E-state index in [1.165, 1.54) is 0 Å². The fourth-order valence-electron chi connectivity index (χ4n) is 1.36. The van der Waals surface area contributed by atoms with Crippen LogP contribution in [0.5, 0.6) is 0 Å². The van der Waals surface area contributed by atoms with Gasteiger partial charge < -0.3 is 10.4 Å². The molecule has 1 aromatic carbocycles. The van der Waals surface area contributed by atoms with Crippen LogP contribution < -0.4 is 5.32 Å². The summed E-state index contributed by atoms with van der Waals surface area (Å²) in [6.45, 7) is 0. The number of nitrogens with one attached hydrogen (secondary N) is 1. The zero-order valence-corrected chi connectivity index (χ0v) is 11.0. The van der Waals surface area contributed by atoms with Gasteiger partial charge in [0, 0.05) is 18.4 Å². The number of rotatable bonds is 5. The Kier molecular flexibility index (Phi) is 4.40. The highest BCUT2D eigenvalue weighted by Crippen LogP contribution is 2.22. The highest BCUT2D eigenvalue weighted by atomic mass is 32.2. The minimum absolute atomic E-state index is 0.333. The van der Waals surface area contributed by atoms with Crippen molar-refractivity contribution in [3.8, 4) is 0 Å². The number of carbonyl (C=O) groups is 2. The van der Waals surface area contributed by atoms with Gasteiger partial charge in [0.15, 0.2) is 9.84 Å². The Bertz CT molecular complexity index is 681. The summed E-state index contributed by atoms with van der Waals surface area (Å²) in [7, 11) is -3.60. The lowest BCUT2D eigenvalue weighted by Crippen LogP contribution is -2.23. The van der Waals surface area contributed by atoms with Gasteiger partial charge in [-0.05, 0) is 6.07 Å². The van der Waals surface area contributed by atoms with Gasteiger partial charge in [0.05, 0.1) is 16.2 Å². The normalized spacial score (nSPS) is 10.8. The molecular weight excluding hydrogens is 292 g/mol. The Morgan fingerprint density at radius 2 is 2.00 bits per heavy atom. The molecule has 0 atom stereocenters. The maximum absolute atomic E-state index is 11.4. The van der Waals surface area contributed by atoms with E-state index in [2.05, 4.69) is 0 Å². The molecule has 0 bridgehead atoms. The third-order valence-corrected chi connectivity index (χ3v) is 2.90. The Hall–Kier alpha value is -2.49. The first-order valence-corrected chi connectivity index (χ1v) is 7.15. The second-order valence-electron chi connectivity index (χ2n) is 3.91. The summed E-state index contributed by atoms with van der Waals surface area (Å²) in [6.07, 6.45) is 0.831. The van der Waals surface area contributed by atoms with Crippen LogP contribution in [0.25, 0.3) is 0 Å². The molecule has 1 rings (SSSR count). The molecule has 0 aliphatic carbocycles. The van der Waals surface area contributed by atoms with Crippen molar-refractivity contribution < 1.29 is 28.0 Å². The number of amides is 1. The number of nitrogens with zero attached hydrogens (tertiary/aromatic N) is 1. The summed E-state index contributed by atoms with van der Waals surface area (Å²) in [6, 6.07) is 2.77. The largest absolute Gasteiger partial charge is 0.478 e. The van der Waals surface area contributed by atoms with E-state index in [9.17, 15) is 28.1 Å². The number of carbonyl (C=O) groups excluding carboxylic acids is 1. The number of anilines is 1. The van der Waals surface area contributed by atoms with Crippen molar-refractivity contribution in [3.63, 3.8) is 0 Å². The van der Waals surface area contributed by atoms with Gasteiger partial charge in [-0.25, -0.2) is 13.2 Å². The van der Waals surface area contributed by atoms with Crippen LogP contribution in [0.15, 0.2) is 18.2 Å². The Morgan fingerprint density at radius 3 is 2.45 bits per heavy atom. The third kappa shape index (κ3) is 4.31. The summed E-state index contributed by atoms with van der Waals surface area (Å²) in [4.78, 5) is 32.2. The molecule has 108 valence electrons. The number of non-ortho nitro benzene ring substituents is 1. The van der Waals surface area contributed by atoms with E-state index in [1.54, 1.807) is 0 Å². The molecule has 0 aromatic heterocycles. The number of carboxylic acid groups (broad SMARTS) is 1. The molecule has 0 spiro atoms. The molecule has 0 fully saturated rings. The number of aromatic carboxylic acids is 1. The lowest BCUT2D eigenvalue weighted by Gasteiger charge is -2.07. The van der Waals surface area contributed by atoms with Gasteiger partial charge >= 0.3 is 5.97 Å². The van der Waals surface area contributed by atoms with E-state index >= 15 is 0 Å². The summed E-state index contributed by atoms with van der Waals surface area (Å²) in [5, 5.41) is 21.5. The average Bonchev–Trinajstić information content (AvgIpc) is 2.25. The number of benzene rings is 1. The van der Waals surface area contributed by atoms with Crippen molar-refractivity contribution in [2.45, 2.75) is 0 Å². The third-order valence-electron chi connectivity index (χ3n) is 2.11. The van der Waals surface area contributed by atoms with Gasteiger partial charge in [0.1, 0.15) is 5.75 Å². The van der Waals surface area contributed by atoms with Crippen molar-refractivity contribution in [3.05, 3.63) is 33.9 Å². The van der Waals surface area contributed by atoms with E-state index in [4.69, 9.17) is 5.11 Å². The maximum atomic E-state index is 11.4. The van der Waals surface area contributed by atoms with Crippen molar-refractivity contribution in [2.75, 3.05) is 17.3 Å². The molecule has 10 heteroatoms. The fourth-order valence-corrected chi connectivity index (χ4v) is 1.91. The first kappa shape index (κ1) is 15.6. The molecule has 0 heterocycles. The molecule has 0 aliphatic rings. The highest BCUT2D eigenvalue weighted by Gasteiger charge is 2.18. The number of sulfone groups is 1. The molecule has 20 heavy (non-hydrogen) atoms. The molecule has 0 unspecified atom stereocenters. The molecule has 0 radical (unpaired) electrons. The Balaban J connectivity index is 3.14. The predicted octanol–water partition coefficient (Wildman–Crippen LogP) is 0.276. The predicted molar refractivity (Wildman–Crippen MR) is 68.4 cm³/mol. The van der Waals surface area contributed by atoms with Gasteiger partial charge in [-0.2, -0.15) is 0 Å². The molecule has 0 aliphatic heterocycles. The smallest absolute Gasteiger partial charge is 0.337 e. The number of carboxylic acids is 1. The average molecular weight is 302 g/mol. The van der Waals surface area contributed by atoms with Crippen LogP contribution in [0.4, 0.5) is 11.4 Å². The van der Waals surface area contributed by atoms with Gasteiger partial charge in [-0.15, -0.1) is 0 Å². The minimum Gasteiger partial charge on any atom is -0.478 e. The first-order valence-electron chi connectivity index (χ1n) is 5.09. The van der Waals surface area contributed by atoms with E-state index in [1.807, 2.05) is 5.32 Å². The first-order chi connectivity index (χ1) is 9.10. The Morgan fingerprint density at radius 1 is 1.40 bits per heavy atom. The van der Waals surface area contributed by atoms with E-state index < -0.39 is 38.1 Å². The van der Waals surface area contributed by atoms with Crippen LogP contribution >= 0.6 is 0 Å². The minimum atomic E-state index is -3.60. The lowest BCUT2D eigenvalue weighted by molar-refractivity contribution is -0.384. The van der Waals surface area contributed by atoms with Crippen LogP contribution in [-0.2, 0) is 14.6 Å². The second-order valence-corrected chi connectivity index (χ2v) is 6.05. The van der Waals surface area contributed by atoms with Crippen LogP contribution in [0.1, 0.15) is 10.4 Å². The topological polar surface area (TPSA) is 144 Å². The molecular formula is C10H10N2O7S. The summed E-state index contributed by atoms with van der Waals surface area (Å²) >= 11 is 0. The highest BCUT2D eigenvalue weighted by molar-refractivity contribution is 7.91. The molecule has 1 amide bonds. The van der Waals surface area contributed by atoms with Crippen LogP contribution in [-0.4, -0.2) is 42.3 Å². The van der Waals surface area contributed by atoms with Crippen molar-refractivity contribution in [2.24, 2.45) is 0 Å². The van der Waals surface area contributed by atoms with Gasteiger partial charge in [-0.1, -0.05) is 0 Å². The fraction of sp³-hybridized carbons (Fsp3) is 0.200. The quantitative estimate of drug-likeness (QED) is 0.587. The summed E-state index contributed by atoms with van der Waals surface area (Å²) < 4.78 is 21.9. The van der Waals surface area contributed by atoms with Gasteiger partial charge in [0.2, 0.25) is 5.91 Å². The molecule has 0 saturated heterocycles. The number of hydrogen-bond acceptors (Lipinski definition) is 6. The molecule has 2 N–H and O–H groups in total. The van der Waals surface area contributed by atoms with Crippen LogP contribution in [0.3, 0.4) is 0 Å². The number of nitro groups is 1. The van der Waals surface area contributed by atoms with Crippen molar-refractivity contribution in [1.82, 2.24) is 0 Å².